The number of anilines is 1. The Morgan fingerprint density at radius 1 is 1.25 bits per heavy atom. The summed E-state index contributed by atoms with van der Waals surface area (Å²) in [5.74, 6) is 0.0240. The quantitative estimate of drug-likeness (QED) is 0.334. The number of carbonyl (C=O) groups is 1. The van der Waals surface area contributed by atoms with E-state index in [-0.39, 0.29) is 11.9 Å². The summed E-state index contributed by atoms with van der Waals surface area (Å²) < 4.78 is 0. The van der Waals surface area contributed by atoms with Crippen molar-refractivity contribution in [1.29, 1.82) is 0 Å². The van der Waals surface area contributed by atoms with Gasteiger partial charge in [-0.25, -0.2) is 4.79 Å². The lowest BCUT2D eigenvalue weighted by atomic mass is 10.2. The molecule has 1 saturated heterocycles. The number of oxime groups is 1. The minimum absolute atomic E-state index is 0.0240. The van der Waals surface area contributed by atoms with Crippen LogP contribution in [0.4, 0.5) is 10.5 Å². The van der Waals surface area contributed by atoms with Crippen LogP contribution in [0, 0.1) is 0 Å². The van der Waals surface area contributed by atoms with Crippen LogP contribution in [0.25, 0.3) is 0 Å². The Kier molecular flexibility index (Phi) is 4.81. The smallest absolute Gasteiger partial charge is 0.321 e. The van der Waals surface area contributed by atoms with E-state index in [0.717, 1.165) is 25.9 Å². The normalized spacial score (nSPS) is 16.6. The standard InChI is InChI=1S/C14H20N4O2/c15-13(17-20)11-6-5-7-12(10-11)16-14(19)18-8-3-1-2-4-9-18/h5-7,10,20H,1-4,8-9H2,(H2,15,17)(H,16,19). The molecule has 0 aliphatic carbocycles. The number of nitrogens with one attached hydrogen (secondary N) is 1. The number of amidine groups is 1. The first-order valence-corrected chi connectivity index (χ1v) is 6.84. The van der Waals surface area contributed by atoms with Gasteiger partial charge in [0, 0.05) is 24.3 Å². The van der Waals surface area contributed by atoms with E-state index in [2.05, 4.69) is 10.5 Å². The molecule has 6 heteroatoms. The Hall–Kier alpha value is -2.24. The molecule has 0 atom stereocenters. The van der Waals surface area contributed by atoms with Crippen molar-refractivity contribution in [3.05, 3.63) is 29.8 Å². The van der Waals surface area contributed by atoms with Crippen LogP contribution in [0.5, 0.6) is 0 Å². The monoisotopic (exact) mass is 276 g/mol. The van der Waals surface area contributed by atoms with Crippen LogP contribution in [0.1, 0.15) is 31.2 Å². The Morgan fingerprint density at radius 2 is 1.95 bits per heavy atom. The second-order valence-corrected chi connectivity index (χ2v) is 4.90. The van der Waals surface area contributed by atoms with Crippen LogP contribution >= 0.6 is 0 Å². The number of nitrogens with zero attached hydrogens (tertiary/aromatic N) is 2. The summed E-state index contributed by atoms with van der Waals surface area (Å²) >= 11 is 0. The summed E-state index contributed by atoms with van der Waals surface area (Å²) in [4.78, 5) is 14.0. The van der Waals surface area contributed by atoms with E-state index < -0.39 is 0 Å². The van der Waals surface area contributed by atoms with Crippen molar-refractivity contribution in [1.82, 2.24) is 4.90 Å². The Bertz CT molecular complexity index is 494. The molecule has 0 radical (unpaired) electrons. The Labute approximate surface area is 118 Å². The number of urea groups is 1. The average molecular weight is 276 g/mol. The molecule has 2 rings (SSSR count). The van der Waals surface area contributed by atoms with Gasteiger partial charge in [-0.3, -0.25) is 0 Å². The molecule has 4 N–H and O–H groups in total. The van der Waals surface area contributed by atoms with Crippen molar-refractivity contribution in [3.8, 4) is 0 Å². The molecule has 0 aromatic heterocycles. The van der Waals surface area contributed by atoms with Crippen molar-refractivity contribution in [2.45, 2.75) is 25.7 Å². The fourth-order valence-corrected chi connectivity index (χ4v) is 2.29. The molecule has 1 fully saturated rings. The Morgan fingerprint density at radius 3 is 2.60 bits per heavy atom. The van der Waals surface area contributed by atoms with E-state index in [1.807, 2.05) is 4.90 Å². The van der Waals surface area contributed by atoms with Gasteiger partial charge >= 0.3 is 6.03 Å². The number of amides is 2. The third-order valence-corrected chi connectivity index (χ3v) is 3.41. The van der Waals surface area contributed by atoms with E-state index in [9.17, 15) is 4.79 Å². The molecular weight excluding hydrogens is 256 g/mol. The van der Waals surface area contributed by atoms with Crippen molar-refractivity contribution in [3.63, 3.8) is 0 Å². The molecule has 108 valence electrons. The molecular formula is C14H20N4O2. The molecule has 1 aliphatic rings. The number of carbonyl (C=O) groups excluding carboxylic acids is 1. The predicted molar refractivity (Wildman–Crippen MR) is 78.0 cm³/mol. The molecule has 0 unspecified atom stereocenters. The van der Waals surface area contributed by atoms with Crippen LogP contribution in [0.3, 0.4) is 0 Å². The van der Waals surface area contributed by atoms with E-state index in [1.165, 1.54) is 12.8 Å². The molecule has 1 aromatic rings. The number of hydrogen-bond donors (Lipinski definition) is 3. The zero-order valence-corrected chi connectivity index (χ0v) is 11.4. The lowest BCUT2D eigenvalue weighted by Gasteiger charge is -2.20. The van der Waals surface area contributed by atoms with Gasteiger partial charge in [0.15, 0.2) is 5.84 Å². The fourth-order valence-electron chi connectivity index (χ4n) is 2.29. The summed E-state index contributed by atoms with van der Waals surface area (Å²) in [7, 11) is 0. The first-order chi connectivity index (χ1) is 9.70. The zero-order chi connectivity index (χ0) is 14.4. The highest BCUT2D eigenvalue weighted by molar-refractivity contribution is 5.99. The van der Waals surface area contributed by atoms with E-state index in [1.54, 1.807) is 24.3 Å². The maximum Gasteiger partial charge on any atom is 0.321 e. The molecule has 6 nitrogen and oxygen atoms in total. The molecule has 0 spiro atoms. The second-order valence-electron chi connectivity index (χ2n) is 4.90. The number of nitrogens with two attached hydrogens (primary N) is 1. The minimum atomic E-state index is -0.0939. The molecule has 2 amide bonds. The van der Waals surface area contributed by atoms with Crippen LogP contribution in [-0.4, -0.2) is 35.1 Å². The van der Waals surface area contributed by atoms with Crippen LogP contribution < -0.4 is 11.1 Å². The van der Waals surface area contributed by atoms with Gasteiger partial charge in [-0.1, -0.05) is 30.1 Å². The van der Waals surface area contributed by atoms with Gasteiger partial charge in [-0.2, -0.15) is 0 Å². The second kappa shape index (κ2) is 6.79. The topological polar surface area (TPSA) is 91.0 Å². The lowest BCUT2D eigenvalue weighted by molar-refractivity contribution is 0.214. The van der Waals surface area contributed by atoms with Gasteiger partial charge in [-0.15, -0.1) is 0 Å². The predicted octanol–water partition coefficient (Wildman–Crippen LogP) is 2.19. The summed E-state index contributed by atoms with van der Waals surface area (Å²) in [6, 6.07) is 6.85. The highest BCUT2D eigenvalue weighted by Crippen LogP contribution is 2.14. The van der Waals surface area contributed by atoms with Crippen LogP contribution in [0.2, 0.25) is 0 Å². The minimum Gasteiger partial charge on any atom is -0.409 e. The fraction of sp³-hybridized carbons (Fsp3) is 0.429. The van der Waals surface area contributed by atoms with Gasteiger partial charge in [-0.05, 0) is 25.0 Å². The highest BCUT2D eigenvalue weighted by atomic mass is 16.4. The highest BCUT2D eigenvalue weighted by Gasteiger charge is 2.15. The van der Waals surface area contributed by atoms with Gasteiger partial charge in [0.2, 0.25) is 0 Å². The largest absolute Gasteiger partial charge is 0.409 e. The van der Waals surface area contributed by atoms with Crippen molar-refractivity contribution >= 4 is 17.6 Å². The van der Waals surface area contributed by atoms with Gasteiger partial charge < -0.3 is 21.2 Å². The van der Waals surface area contributed by atoms with Gasteiger partial charge in [0.05, 0.1) is 0 Å². The number of hydrogen-bond acceptors (Lipinski definition) is 3. The first-order valence-electron chi connectivity index (χ1n) is 6.84. The number of rotatable bonds is 2. The molecule has 20 heavy (non-hydrogen) atoms. The summed E-state index contributed by atoms with van der Waals surface area (Å²) in [5.41, 5.74) is 6.75. The van der Waals surface area contributed by atoms with E-state index in [0.29, 0.717) is 11.3 Å². The lowest BCUT2D eigenvalue weighted by Crippen LogP contribution is -2.35. The summed E-state index contributed by atoms with van der Waals surface area (Å²) in [6.07, 6.45) is 4.47. The maximum atomic E-state index is 12.2. The van der Waals surface area contributed by atoms with Crippen molar-refractivity contribution < 1.29 is 10.0 Å². The zero-order valence-electron chi connectivity index (χ0n) is 11.4. The van der Waals surface area contributed by atoms with Crippen molar-refractivity contribution in [2.24, 2.45) is 10.9 Å². The van der Waals surface area contributed by atoms with Gasteiger partial charge in [0.1, 0.15) is 0 Å². The van der Waals surface area contributed by atoms with Crippen molar-refractivity contribution in [2.75, 3.05) is 18.4 Å². The number of benzene rings is 1. The molecule has 1 heterocycles. The molecule has 0 bridgehead atoms. The van der Waals surface area contributed by atoms with Crippen LogP contribution in [-0.2, 0) is 0 Å². The van der Waals surface area contributed by atoms with Gasteiger partial charge in [0.25, 0.3) is 0 Å². The first kappa shape index (κ1) is 14.2. The molecule has 1 aliphatic heterocycles. The third kappa shape index (κ3) is 3.63. The van der Waals surface area contributed by atoms with E-state index >= 15 is 0 Å². The Balaban J connectivity index is 2.03. The third-order valence-electron chi connectivity index (χ3n) is 3.41. The number of likely N-dealkylation sites (tertiary alicyclic amines) is 1. The summed E-state index contributed by atoms with van der Waals surface area (Å²) in [6.45, 7) is 1.59. The average Bonchev–Trinajstić information content (AvgIpc) is 2.76. The molecule has 1 aromatic carbocycles. The van der Waals surface area contributed by atoms with Crippen LogP contribution in [0.15, 0.2) is 29.4 Å². The SMILES string of the molecule is NC(=NO)c1cccc(NC(=O)N2CCCCCC2)c1. The van der Waals surface area contributed by atoms with E-state index in [4.69, 9.17) is 10.9 Å². The maximum absolute atomic E-state index is 12.2. The summed E-state index contributed by atoms with van der Waals surface area (Å²) in [5, 5.41) is 14.5. The molecule has 0 saturated carbocycles.